The quantitative estimate of drug-likeness (QED) is 0.381. The average molecular weight is 591 g/mol. The number of fused-ring (bicyclic) bond motifs is 1. The molecule has 0 bridgehead atoms. The fourth-order valence-electron chi connectivity index (χ4n) is 6.52. The van der Waals surface area contributed by atoms with Gasteiger partial charge in [-0.2, -0.15) is 5.26 Å². The van der Waals surface area contributed by atoms with Crippen LogP contribution in [0.1, 0.15) is 69.4 Å². The minimum Gasteiger partial charge on any atom is -0.481 e. The van der Waals surface area contributed by atoms with E-state index in [-0.39, 0.29) is 35.2 Å². The predicted octanol–water partition coefficient (Wildman–Crippen LogP) is 4.97. The fourth-order valence-corrected chi connectivity index (χ4v) is 7.85. The first-order valence-corrected chi connectivity index (χ1v) is 16.2. The number of piperidine rings is 1. The number of hydrogen-bond donors (Lipinski definition) is 2. The highest BCUT2D eigenvalue weighted by Gasteiger charge is 2.34. The van der Waals surface area contributed by atoms with Crippen LogP contribution in [0.25, 0.3) is 22.2 Å². The molecule has 222 valence electrons. The number of carbonyl (C=O) groups is 2. The van der Waals surface area contributed by atoms with Crippen LogP contribution in [0.5, 0.6) is 0 Å². The van der Waals surface area contributed by atoms with E-state index in [1.165, 1.54) is 6.07 Å². The summed E-state index contributed by atoms with van der Waals surface area (Å²) in [5.41, 5.74) is 3.43. The second-order valence-electron chi connectivity index (χ2n) is 11.7. The second kappa shape index (κ2) is 12.3. The number of aryl methyl sites for hydroxylation is 2. The number of carbonyl (C=O) groups excluding carboxylic acids is 1. The van der Waals surface area contributed by atoms with E-state index in [0.29, 0.717) is 54.3 Å². The van der Waals surface area contributed by atoms with E-state index in [2.05, 4.69) is 17.7 Å². The Labute approximate surface area is 247 Å². The number of nitrogens with zero attached hydrogens (tertiary/aromatic N) is 3. The van der Waals surface area contributed by atoms with Crippen LogP contribution < -0.4 is 4.72 Å². The molecule has 1 atom stereocenters. The molecule has 1 aromatic heterocycles. The number of nitrogens with one attached hydrogen (secondary N) is 1. The minimum atomic E-state index is -3.82. The van der Waals surface area contributed by atoms with Gasteiger partial charge < -0.3 is 14.6 Å². The molecule has 1 saturated carbocycles. The summed E-state index contributed by atoms with van der Waals surface area (Å²) in [5, 5.41) is 19.6. The molecule has 2 fully saturated rings. The number of hydrogen-bond acceptors (Lipinski definition) is 5. The van der Waals surface area contributed by atoms with Gasteiger partial charge in [-0.1, -0.05) is 30.3 Å². The summed E-state index contributed by atoms with van der Waals surface area (Å²) in [5.74, 6) is -0.679. The zero-order valence-corrected chi connectivity index (χ0v) is 25.0. The van der Waals surface area contributed by atoms with Crippen molar-refractivity contribution in [1.82, 2.24) is 14.2 Å². The Morgan fingerprint density at radius 2 is 1.76 bits per heavy atom. The second-order valence-corrected chi connectivity index (χ2v) is 13.4. The van der Waals surface area contributed by atoms with Crippen molar-refractivity contribution in [2.24, 2.45) is 13.0 Å². The summed E-state index contributed by atoms with van der Waals surface area (Å²) in [6.45, 7) is 2.94. The van der Waals surface area contributed by atoms with E-state index < -0.39 is 16.0 Å². The van der Waals surface area contributed by atoms with Gasteiger partial charge in [-0.25, -0.2) is 13.1 Å². The van der Waals surface area contributed by atoms with Gasteiger partial charge in [-0.15, -0.1) is 0 Å². The van der Waals surface area contributed by atoms with Crippen molar-refractivity contribution in [3.05, 3.63) is 53.6 Å². The monoisotopic (exact) mass is 590 g/mol. The number of rotatable bonds is 8. The van der Waals surface area contributed by atoms with Crippen LogP contribution in [0.2, 0.25) is 0 Å². The number of carboxylic acid groups (broad SMARTS) is 1. The van der Waals surface area contributed by atoms with E-state index in [1.54, 1.807) is 12.1 Å². The van der Waals surface area contributed by atoms with Gasteiger partial charge in [0.2, 0.25) is 15.9 Å². The number of sulfonamides is 1. The van der Waals surface area contributed by atoms with E-state index >= 15 is 0 Å². The van der Waals surface area contributed by atoms with Crippen molar-refractivity contribution < 1.29 is 23.1 Å². The van der Waals surface area contributed by atoms with E-state index in [9.17, 15) is 23.3 Å². The lowest BCUT2D eigenvalue weighted by Gasteiger charge is -2.38. The highest BCUT2D eigenvalue weighted by Crippen LogP contribution is 2.35. The van der Waals surface area contributed by atoms with Crippen LogP contribution in [-0.2, 0) is 33.1 Å². The van der Waals surface area contributed by atoms with Gasteiger partial charge in [-0.3, -0.25) is 9.59 Å². The largest absolute Gasteiger partial charge is 0.481 e. The molecule has 0 unspecified atom stereocenters. The maximum Gasteiger partial charge on any atom is 0.303 e. The van der Waals surface area contributed by atoms with Crippen molar-refractivity contribution >= 4 is 32.8 Å². The molecule has 1 amide bonds. The van der Waals surface area contributed by atoms with Crippen LogP contribution in [0.4, 0.5) is 0 Å². The third-order valence-corrected chi connectivity index (χ3v) is 10.5. The molecule has 3 aromatic rings. The molecular weight excluding hydrogens is 552 g/mol. The van der Waals surface area contributed by atoms with Crippen LogP contribution >= 0.6 is 0 Å². The maximum atomic E-state index is 13.4. The first-order valence-electron chi connectivity index (χ1n) is 14.8. The van der Waals surface area contributed by atoms with Crippen molar-refractivity contribution in [2.45, 2.75) is 81.7 Å². The molecule has 10 heteroatoms. The SMILES string of the molecule is C[C@H]1CCCCN1C(=O)C1CCC(NS(=O)(=O)c2ccc3c(C#N)c(-c4ccc(CCC(=O)O)cc4)n(C)c3c2)CC1. The van der Waals surface area contributed by atoms with Gasteiger partial charge in [0.05, 0.1) is 21.7 Å². The molecular formula is C32H38N4O5S. The number of nitriles is 1. The third kappa shape index (κ3) is 6.08. The van der Waals surface area contributed by atoms with E-state index in [1.807, 2.05) is 40.8 Å². The number of likely N-dealkylation sites (tertiary alicyclic amines) is 1. The molecule has 2 N–H and O–H groups in total. The summed E-state index contributed by atoms with van der Waals surface area (Å²) in [4.78, 5) is 26.2. The first kappa shape index (κ1) is 29.8. The van der Waals surface area contributed by atoms with Gasteiger partial charge in [0.1, 0.15) is 6.07 Å². The van der Waals surface area contributed by atoms with Crippen molar-refractivity contribution in [3.63, 3.8) is 0 Å². The van der Waals surface area contributed by atoms with Crippen LogP contribution in [0.3, 0.4) is 0 Å². The number of aromatic nitrogens is 1. The smallest absolute Gasteiger partial charge is 0.303 e. The highest BCUT2D eigenvalue weighted by molar-refractivity contribution is 7.89. The lowest BCUT2D eigenvalue weighted by Crippen LogP contribution is -2.47. The molecule has 0 radical (unpaired) electrons. The molecule has 2 aliphatic rings. The highest BCUT2D eigenvalue weighted by atomic mass is 32.2. The van der Waals surface area contributed by atoms with Crippen LogP contribution in [-0.4, -0.2) is 53.5 Å². The Balaban J connectivity index is 1.31. The Bertz CT molecular complexity index is 1630. The van der Waals surface area contributed by atoms with Crippen LogP contribution in [0, 0.1) is 17.2 Å². The molecule has 1 aliphatic heterocycles. The molecule has 5 rings (SSSR count). The Kier molecular flexibility index (Phi) is 8.71. The average Bonchev–Trinajstić information content (AvgIpc) is 3.27. The number of benzene rings is 2. The van der Waals surface area contributed by atoms with E-state index in [4.69, 9.17) is 5.11 Å². The van der Waals surface area contributed by atoms with Crippen LogP contribution in [0.15, 0.2) is 47.4 Å². The molecule has 1 aliphatic carbocycles. The molecule has 2 aromatic carbocycles. The Morgan fingerprint density at radius 3 is 2.40 bits per heavy atom. The lowest BCUT2D eigenvalue weighted by atomic mass is 9.85. The molecule has 2 heterocycles. The molecule has 42 heavy (non-hydrogen) atoms. The van der Waals surface area contributed by atoms with Gasteiger partial charge in [0.15, 0.2) is 0 Å². The summed E-state index contributed by atoms with van der Waals surface area (Å²) >= 11 is 0. The van der Waals surface area contributed by atoms with Gasteiger partial charge in [0, 0.05) is 43.4 Å². The summed E-state index contributed by atoms with van der Waals surface area (Å²) in [6.07, 6.45) is 6.31. The standard InChI is InChI=1S/C32H38N4O5S/c1-21-5-3-4-18-36(21)32(39)24-11-13-25(14-12-24)34-42(40,41)26-15-16-27-28(20-33)31(35(2)29(27)19-26)23-9-6-22(7-10-23)8-17-30(37)38/h6-7,9-10,15-16,19,21,24-25,34H,3-5,8,11-14,17-18H2,1-2H3,(H,37,38)/t21-,24?,25?/m0/s1. The predicted molar refractivity (Wildman–Crippen MR) is 160 cm³/mol. The third-order valence-electron chi connectivity index (χ3n) is 8.93. The first-order chi connectivity index (χ1) is 20.1. The van der Waals surface area contributed by atoms with E-state index in [0.717, 1.165) is 36.9 Å². The number of carboxylic acids is 1. The fraction of sp³-hybridized carbons (Fsp3) is 0.469. The topological polar surface area (TPSA) is 132 Å². The van der Waals surface area contributed by atoms with Gasteiger partial charge >= 0.3 is 5.97 Å². The van der Waals surface area contributed by atoms with Crippen molar-refractivity contribution in [2.75, 3.05) is 6.54 Å². The lowest BCUT2D eigenvalue weighted by molar-refractivity contribution is -0.140. The van der Waals surface area contributed by atoms with Gasteiger partial charge in [-0.05, 0) is 81.5 Å². The normalized spacial score (nSPS) is 21.3. The molecule has 9 nitrogen and oxygen atoms in total. The van der Waals surface area contributed by atoms with Crippen molar-refractivity contribution in [3.8, 4) is 17.3 Å². The zero-order valence-electron chi connectivity index (χ0n) is 24.2. The van der Waals surface area contributed by atoms with Crippen molar-refractivity contribution in [1.29, 1.82) is 5.26 Å². The number of aliphatic carboxylic acids is 1. The summed E-state index contributed by atoms with van der Waals surface area (Å²) < 4.78 is 31.6. The minimum absolute atomic E-state index is 0.0412. The zero-order chi connectivity index (χ0) is 30.0. The number of amides is 1. The summed E-state index contributed by atoms with van der Waals surface area (Å²) in [6, 6.07) is 14.6. The Hall–Kier alpha value is -3.68. The molecule has 0 spiro atoms. The molecule has 1 saturated heterocycles. The summed E-state index contributed by atoms with van der Waals surface area (Å²) in [7, 11) is -2.01. The Morgan fingerprint density at radius 1 is 1.05 bits per heavy atom. The maximum absolute atomic E-state index is 13.4. The van der Waals surface area contributed by atoms with Gasteiger partial charge in [0.25, 0.3) is 0 Å².